The van der Waals surface area contributed by atoms with Crippen molar-refractivity contribution in [3.8, 4) is 23.1 Å². The molecule has 0 bridgehead atoms. The number of ether oxygens (including phenoxy) is 3. The van der Waals surface area contributed by atoms with E-state index in [2.05, 4.69) is 11.8 Å². The number of aromatic nitrogens is 2. The zero-order valence-electron chi connectivity index (χ0n) is 21.7. The Balaban J connectivity index is 1.68. The van der Waals surface area contributed by atoms with Crippen LogP contribution in [-0.2, 0) is 11.3 Å². The first-order valence-corrected chi connectivity index (χ1v) is 13.1. The van der Waals surface area contributed by atoms with Crippen molar-refractivity contribution in [3.63, 3.8) is 0 Å². The van der Waals surface area contributed by atoms with E-state index in [9.17, 15) is 5.11 Å². The number of nitrogens with zero attached hydrogens (tertiary/aromatic N) is 3. The summed E-state index contributed by atoms with van der Waals surface area (Å²) in [4.78, 5) is 2.30. The Morgan fingerprint density at radius 2 is 1.89 bits per heavy atom. The molecule has 0 unspecified atom stereocenters. The van der Waals surface area contributed by atoms with Crippen LogP contribution in [-0.4, -0.2) is 58.8 Å². The van der Waals surface area contributed by atoms with E-state index in [0.29, 0.717) is 30.5 Å². The zero-order chi connectivity index (χ0) is 25.3. The quantitative estimate of drug-likeness (QED) is 0.338. The molecule has 7 heteroatoms. The van der Waals surface area contributed by atoms with Gasteiger partial charge >= 0.3 is 0 Å². The van der Waals surface area contributed by atoms with Gasteiger partial charge in [-0.25, -0.2) is 4.68 Å². The Morgan fingerprint density at radius 1 is 1.14 bits per heavy atom. The predicted molar refractivity (Wildman–Crippen MR) is 141 cm³/mol. The molecule has 7 nitrogen and oxygen atoms in total. The van der Waals surface area contributed by atoms with Gasteiger partial charge in [-0.1, -0.05) is 50.1 Å². The lowest BCUT2D eigenvalue weighted by atomic mass is 10.1. The molecule has 2 atom stereocenters. The number of hydrogen-bond donors (Lipinski definition) is 1. The maximum absolute atomic E-state index is 10.8. The third-order valence-electron chi connectivity index (χ3n) is 6.64. The second-order valence-electron chi connectivity index (χ2n) is 9.49. The van der Waals surface area contributed by atoms with Gasteiger partial charge in [0.2, 0.25) is 5.88 Å². The third-order valence-corrected chi connectivity index (χ3v) is 6.64. The van der Waals surface area contributed by atoms with Gasteiger partial charge in [0, 0.05) is 26.2 Å². The standard InChI is InChI=1S/C29H39N3O4/c1-4-5-14-24(33)19-31(20-25-15-11-18-35-25)21-26-22(2)30-32(23-12-7-6-8-13-23)29(26)36-28-17-10-9-16-27(28)34-3/h6-10,12-13,16-17,24-25,33H,4-5,11,14-15,18-21H2,1-3H3/t24-,25-/m1/s1. The summed E-state index contributed by atoms with van der Waals surface area (Å²) in [6, 6.07) is 17.7. The normalized spacial score (nSPS) is 16.4. The molecule has 0 saturated carbocycles. The summed E-state index contributed by atoms with van der Waals surface area (Å²) in [5, 5.41) is 15.7. The van der Waals surface area contributed by atoms with Gasteiger partial charge in [-0.15, -0.1) is 0 Å². The summed E-state index contributed by atoms with van der Waals surface area (Å²) >= 11 is 0. The van der Waals surface area contributed by atoms with E-state index >= 15 is 0 Å². The van der Waals surface area contributed by atoms with Crippen LogP contribution in [0.4, 0.5) is 0 Å². The second kappa shape index (κ2) is 12.9. The molecule has 1 N–H and O–H groups in total. The van der Waals surface area contributed by atoms with Gasteiger partial charge in [0.1, 0.15) is 0 Å². The summed E-state index contributed by atoms with van der Waals surface area (Å²) in [5.74, 6) is 1.95. The lowest BCUT2D eigenvalue weighted by Crippen LogP contribution is -2.37. The summed E-state index contributed by atoms with van der Waals surface area (Å²) in [7, 11) is 1.64. The molecule has 1 aliphatic heterocycles. The first-order chi connectivity index (χ1) is 17.6. The van der Waals surface area contributed by atoms with Crippen LogP contribution < -0.4 is 9.47 Å². The highest BCUT2D eigenvalue weighted by Crippen LogP contribution is 2.36. The number of unbranched alkanes of at least 4 members (excludes halogenated alkanes) is 1. The number of hydrogen-bond acceptors (Lipinski definition) is 6. The molecule has 1 saturated heterocycles. The molecule has 0 spiro atoms. The Labute approximate surface area is 214 Å². The lowest BCUT2D eigenvalue weighted by molar-refractivity contribution is 0.0434. The average Bonchev–Trinajstić information content (AvgIpc) is 3.52. The molecular formula is C29H39N3O4. The van der Waals surface area contributed by atoms with Gasteiger partial charge in [0.25, 0.3) is 0 Å². The predicted octanol–water partition coefficient (Wildman–Crippen LogP) is 5.51. The lowest BCUT2D eigenvalue weighted by Gasteiger charge is -2.27. The van der Waals surface area contributed by atoms with E-state index in [0.717, 1.165) is 62.2 Å². The average molecular weight is 494 g/mol. The molecule has 0 radical (unpaired) electrons. The molecule has 36 heavy (non-hydrogen) atoms. The van der Waals surface area contributed by atoms with Crippen molar-refractivity contribution in [3.05, 3.63) is 65.9 Å². The first kappa shape index (κ1) is 26.2. The van der Waals surface area contributed by atoms with E-state index in [4.69, 9.17) is 19.3 Å². The fourth-order valence-electron chi connectivity index (χ4n) is 4.71. The van der Waals surface area contributed by atoms with Crippen LogP contribution in [0.1, 0.15) is 50.3 Å². The number of aliphatic hydroxyl groups excluding tert-OH is 1. The zero-order valence-corrected chi connectivity index (χ0v) is 21.7. The van der Waals surface area contributed by atoms with Gasteiger partial charge in [-0.05, 0) is 50.5 Å². The van der Waals surface area contributed by atoms with Crippen molar-refractivity contribution in [1.82, 2.24) is 14.7 Å². The topological polar surface area (TPSA) is 69.0 Å². The molecule has 1 fully saturated rings. The molecule has 0 aliphatic carbocycles. The van der Waals surface area contributed by atoms with Crippen molar-refractivity contribution in [2.45, 2.75) is 64.7 Å². The summed E-state index contributed by atoms with van der Waals surface area (Å²) in [5.41, 5.74) is 2.81. The molecule has 4 rings (SSSR count). The molecule has 1 aliphatic rings. The van der Waals surface area contributed by atoms with Crippen LogP contribution >= 0.6 is 0 Å². The molecule has 3 aromatic rings. The van der Waals surface area contributed by atoms with Crippen molar-refractivity contribution >= 4 is 0 Å². The highest BCUT2D eigenvalue weighted by atomic mass is 16.5. The van der Waals surface area contributed by atoms with Crippen LogP contribution in [0, 0.1) is 6.92 Å². The fraction of sp³-hybridized carbons (Fsp3) is 0.483. The molecule has 194 valence electrons. The third kappa shape index (κ3) is 6.66. The fourth-order valence-corrected chi connectivity index (χ4v) is 4.71. The van der Waals surface area contributed by atoms with Gasteiger partial charge in [0.05, 0.1) is 36.3 Å². The van der Waals surface area contributed by atoms with Gasteiger partial charge in [0.15, 0.2) is 11.5 Å². The molecule has 0 amide bonds. The highest BCUT2D eigenvalue weighted by molar-refractivity contribution is 5.47. The van der Waals surface area contributed by atoms with E-state index in [1.54, 1.807) is 7.11 Å². The largest absolute Gasteiger partial charge is 0.493 e. The molecular weight excluding hydrogens is 454 g/mol. The Hall–Kier alpha value is -2.87. The molecule has 2 heterocycles. The SMILES string of the molecule is CCCC[C@@H](O)CN(Cc1c(C)nn(-c2ccccc2)c1Oc1ccccc1OC)C[C@H]1CCCO1. The number of methoxy groups -OCH3 is 1. The van der Waals surface area contributed by atoms with Crippen LogP contribution in [0.2, 0.25) is 0 Å². The number of para-hydroxylation sites is 3. The number of aliphatic hydroxyl groups is 1. The minimum absolute atomic E-state index is 0.187. The van der Waals surface area contributed by atoms with Gasteiger partial charge in [-0.2, -0.15) is 5.10 Å². The van der Waals surface area contributed by atoms with Crippen molar-refractivity contribution in [2.24, 2.45) is 0 Å². The maximum atomic E-state index is 10.8. The first-order valence-electron chi connectivity index (χ1n) is 13.1. The smallest absolute Gasteiger partial charge is 0.227 e. The van der Waals surface area contributed by atoms with Crippen LogP contribution in [0.5, 0.6) is 17.4 Å². The van der Waals surface area contributed by atoms with Crippen molar-refractivity contribution < 1.29 is 19.3 Å². The van der Waals surface area contributed by atoms with Gasteiger partial charge < -0.3 is 19.3 Å². The second-order valence-corrected chi connectivity index (χ2v) is 9.49. The van der Waals surface area contributed by atoms with Gasteiger partial charge in [-0.3, -0.25) is 4.90 Å². The van der Waals surface area contributed by atoms with E-state index < -0.39 is 0 Å². The number of benzene rings is 2. The molecule has 1 aromatic heterocycles. The number of aryl methyl sites for hydroxylation is 1. The summed E-state index contributed by atoms with van der Waals surface area (Å²) in [6.45, 7) is 6.94. The van der Waals surface area contributed by atoms with Crippen LogP contribution in [0.25, 0.3) is 5.69 Å². The summed E-state index contributed by atoms with van der Waals surface area (Å²) < 4.78 is 19.9. The molecule has 2 aromatic carbocycles. The number of rotatable bonds is 13. The Morgan fingerprint density at radius 3 is 2.58 bits per heavy atom. The van der Waals surface area contributed by atoms with Crippen molar-refractivity contribution in [1.29, 1.82) is 0 Å². The van der Waals surface area contributed by atoms with E-state index in [-0.39, 0.29) is 12.2 Å². The van der Waals surface area contributed by atoms with E-state index in [1.807, 2.05) is 66.2 Å². The minimum Gasteiger partial charge on any atom is -0.493 e. The van der Waals surface area contributed by atoms with E-state index in [1.165, 1.54) is 0 Å². The monoisotopic (exact) mass is 493 g/mol. The van der Waals surface area contributed by atoms with Crippen LogP contribution in [0.15, 0.2) is 54.6 Å². The summed E-state index contributed by atoms with van der Waals surface area (Å²) in [6.07, 6.45) is 4.83. The highest BCUT2D eigenvalue weighted by Gasteiger charge is 2.26. The van der Waals surface area contributed by atoms with Crippen LogP contribution in [0.3, 0.4) is 0 Å². The van der Waals surface area contributed by atoms with Crippen molar-refractivity contribution in [2.75, 3.05) is 26.8 Å². The minimum atomic E-state index is -0.380. The Kier molecular flexibility index (Phi) is 9.39. The Bertz CT molecular complexity index is 1080. The maximum Gasteiger partial charge on any atom is 0.227 e.